The molecule has 0 unspecified atom stereocenters. The third-order valence-electron chi connectivity index (χ3n) is 4.26. The smallest absolute Gasteiger partial charge is 0.254 e. The largest absolute Gasteiger partial charge is 0.387 e. The third-order valence-corrected chi connectivity index (χ3v) is 5.46. The number of rotatable bonds is 6. The lowest BCUT2D eigenvalue weighted by Crippen LogP contribution is -2.29. The molecule has 2 aromatic carbocycles. The van der Waals surface area contributed by atoms with E-state index >= 15 is 0 Å². The minimum Gasteiger partial charge on any atom is -0.387 e. The molecule has 2 N–H and O–H groups in total. The van der Waals surface area contributed by atoms with Crippen molar-refractivity contribution in [2.45, 2.75) is 29.9 Å². The summed E-state index contributed by atoms with van der Waals surface area (Å²) in [5.41, 5.74) is 3.28. The van der Waals surface area contributed by atoms with E-state index in [1.807, 2.05) is 26.0 Å². The van der Waals surface area contributed by atoms with Gasteiger partial charge in [-0.1, -0.05) is 41.6 Å². The summed E-state index contributed by atoms with van der Waals surface area (Å²) in [6, 6.07) is 15.1. The highest BCUT2D eigenvalue weighted by atomic mass is 32.2. The molecule has 3 rings (SSSR count). The summed E-state index contributed by atoms with van der Waals surface area (Å²) in [6.07, 6.45) is 0.729. The predicted molar refractivity (Wildman–Crippen MR) is 108 cm³/mol. The van der Waals surface area contributed by atoms with E-state index in [1.165, 1.54) is 41.6 Å². The minimum atomic E-state index is -0.920. The van der Waals surface area contributed by atoms with Crippen LogP contribution in [0.15, 0.2) is 70.7 Å². The van der Waals surface area contributed by atoms with E-state index in [9.17, 15) is 14.3 Å². The Morgan fingerprint density at radius 3 is 2.64 bits per heavy atom. The maximum absolute atomic E-state index is 13.0. The van der Waals surface area contributed by atoms with E-state index in [0.717, 1.165) is 10.5 Å². The molecule has 144 valence electrons. The van der Waals surface area contributed by atoms with Gasteiger partial charge < -0.3 is 10.4 Å². The second kappa shape index (κ2) is 8.99. The van der Waals surface area contributed by atoms with Crippen molar-refractivity contribution in [1.29, 1.82) is 0 Å². The molecular formula is C22H21FN2O2S. The zero-order valence-electron chi connectivity index (χ0n) is 15.6. The van der Waals surface area contributed by atoms with E-state index in [-0.39, 0.29) is 18.3 Å². The van der Waals surface area contributed by atoms with Gasteiger partial charge in [0.25, 0.3) is 5.91 Å². The standard InChI is InChI=1S/C22H21FN2O2S/c1-14-5-10-20(15(2)12-14)28-22-18(4-3-11-24-22)21(27)25-13-19(26)16-6-8-17(23)9-7-16/h3-12,19,26H,13H2,1-2H3,(H,25,27)/t19-/m1/s1. The van der Waals surface area contributed by atoms with Crippen LogP contribution in [0, 0.1) is 19.7 Å². The SMILES string of the molecule is Cc1ccc(Sc2ncccc2C(=O)NC[C@@H](O)c2ccc(F)cc2)c(C)c1. The van der Waals surface area contributed by atoms with Gasteiger partial charge in [-0.15, -0.1) is 0 Å². The highest BCUT2D eigenvalue weighted by molar-refractivity contribution is 7.99. The molecule has 0 fully saturated rings. The first-order valence-corrected chi connectivity index (χ1v) is 9.67. The van der Waals surface area contributed by atoms with Crippen LogP contribution in [-0.4, -0.2) is 22.5 Å². The van der Waals surface area contributed by atoms with Gasteiger partial charge in [-0.2, -0.15) is 0 Å². The summed E-state index contributed by atoms with van der Waals surface area (Å²) in [5, 5.41) is 13.5. The summed E-state index contributed by atoms with van der Waals surface area (Å²) < 4.78 is 13.0. The number of aliphatic hydroxyl groups is 1. The zero-order valence-corrected chi connectivity index (χ0v) is 16.5. The molecule has 6 heteroatoms. The van der Waals surface area contributed by atoms with Crippen molar-refractivity contribution in [2.24, 2.45) is 0 Å². The van der Waals surface area contributed by atoms with Crippen LogP contribution in [0.2, 0.25) is 0 Å². The molecule has 1 amide bonds. The number of aromatic nitrogens is 1. The van der Waals surface area contributed by atoms with Gasteiger partial charge in [0.1, 0.15) is 10.8 Å². The molecule has 0 aliphatic heterocycles. The number of nitrogens with zero attached hydrogens (tertiary/aromatic N) is 1. The monoisotopic (exact) mass is 396 g/mol. The lowest BCUT2D eigenvalue weighted by atomic mass is 10.1. The van der Waals surface area contributed by atoms with Crippen LogP contribution in [0.5, 0.6) is 0 Å². The number of carbonyl (C=O) groups is 1. The number of pyridine rings is 1. The number of hydrogen-bond donors (Lipinski definition) is 2. The van der Waals surface area contributed by atoms with E-state index in [4.69, 9.17) is 0 Å². The number of halogens is 1. The Morgan fingerprint density at radius 1 is 1.18 bits per heavy atom. The van der Waals surface area contributed by atoms with E-state index in [2.05, 4.69) is 16.4 Å². The topological polar surface area (TPSA) is 62.2 Å². The minimum absolute atomic E-state index is 0.0209. The van der Waals surface area contributed by atoms with E-state index < -0.39 is 6.10 Å². The predicted octanol–water partition coefficient (Wildman–Crippen LogP) is 4.45. The van der Waals surface area contributed by atoms with Gasteiger partial charge in [-0.05, 0) is 55.3 Å². The normalized spacial score (nSPS) is 11.9. The molecule has 1 aromatic heterocycles. The van der Waals surface area contributed by atoms with Crippen molar-refractivity contribution in [1.82, 2.24) is 10.3 Å². The van der Waals surface area contributed by atoms with Crippen LogP contribution in [0.4, 0.5) is 4.39 Å². The first-order chi connectivity index (χ1) is 13.4. The summed E-state index contributed by atoms with van der Waals surface area (Å²) in [5.74, 6) is -0.690. The van der Waals surface area contributed by atoms with Gasteiger partial charge in [0.15, 0.2) is 0 Å². The Balaban J connectivity index is 1.71. The van der Waals surface area contributed by atoms with Crippen LogP contribution in [0.25, 0.3) is 0 Å². The van der Waals surface area contributed by atoms with Gasteiger partial charge in [0.2, 0.25) is 0 Å². The number of nitrogens with one attached hydrogen (secondary N) is 1. The summed E-state index contributed by atoms with van der Waals surface area (Å²) in [4.78, 5) is 18.0. The Kier molecular flexibility index (Phi) is 6.44. The fourth-order valence-electron chi connectivity index (χ4n) is 2.75. The Bertz CT molecular complexity index is 977. The lowest BCUT2D eigenvalue weighted by Gasteiger charge is -2.14. The van der Waals surface area contributed by atoms with Crippen molar-refractivity contribution in [2.75, 3.05) is 6.54 Å². The molecule has 0 saturated carbocycles. The fraction of sp³-hybridized carbons (Fsp3) is 0.182. The van der Waals surface area contributed by atoms with Gasteiger partial charge in [-0.3, -0.25) is 4.79 Å². The summed E-state index contributed by atoms with van der Waals surface area (Å²) >= 11 is 1.43. The molecule has 0 aliphatic rings. The maximum atomic E-state index is 13.0. The second-order valence-electron chi connectivity index (χ2n) is 6.50. The van der Waals surface area contributed by atoms with Crippen molar-refractivity contribution < 1.29 is 14.3 Å². The number of aryl methyl sites for hydroxylation is 2. The second-order valence-corrected chi connectivity index (χ2v) is 7.54. The van der Waals surface area contributed by atoms with Gasteiger partial charge >= 0.3 is 0 Å². The molecule has 1 atom stereocenters. The average molecular weight is 396 g/mol. The molecular weight excluding hydrogens is 375 g/mol. The average Bonchev–Trinajstić information content (AvgIpc) is 2.69. The summed E-state index contributed by atoms with van der Waals surface area (Å²) in [7, 11) is 0. The molecule has 1 heterocycles. The fourth-order valence-corrected chi connectivity index (χ4v) is 3.70. The molecule has 0 aliphatic carbocycles. The third kappa shape index (κ3) is 4.97. The number of aliphatic hydroxyl groups excluding tert-OH is 1. The van der Waals surface area contributed by atoms with Gasteiger partial charge in [-0.25, -0.2) is 9.37 Å². The van der Waals surface area contributed by atoms with Gasteiger partial charge in [0.05, 0.1) is 11.7 Å². The van der Waals surface area contributed by atoms with E-state index in [1.54, 1.807) is 18.3 Å². The van der Waals surface area contributed by atoms with Crippen molar-refractivity contribution >= 4 is 17.7 Å². The highest BCUT2D eigenvalue weighted by Crippen LogP contribution is 2.31. The number of benzene rings is 2. The molecule has 4 nitrogen and oxygen atoms in total. The molecule has 0 saturated heterocycles. The highest BCUT2D eigenvalue weighted by Gasteiger charge is 2.16. The first kappa shape index (κ1) is 20.0. The number of hydrogen-bond acceptors (Lipinski definition) is 4. The van der Waals surface area contributed by atoms with Crippen LogP contribution in [-0.2, 0) is 0 Å². The molecule has 0 bridgehead atoms. The Hall–Kier alpha value is -2.70. The van der Waals surface area contributed by atoms with Crippen LogP contribution >= 0.6 is 11.8 Å². The molecule has 0 spiro atoms. The quantitative estimate of drug-likeness (QED) is 0.646. The molecule has 3 aromatic rings. The van der Waals surface area contributed by atoms with Crippen LogP contribution in [0.1, 0.15) is 33.2 Å². The van der Waals surface area contributed by atoms with Crippen molar-refractivity contribution in [3.63, 3.8) is 0 Å². The van der Waals surface area contributed by atoms with Crippen molar-refractivity contribution in [3.05, 3.63) is 88.9 Å². The number of carbonyl (C=O) groups excluding carboxylic acids is 1. The Labute approximate surface area is 167 Å². The molecule has 28 heavy (non-hydrogen) atoms. The maximum Gasteiger partial charge on any atom is 0.254 e. The lowest BCUT2D eigenvalue weighted by molar-refractivity contribution is 0.0912. The van der Waals surface area contributed by atoms with Crippen LogP contribution in [0.3, 0.4) is 0 Å². The Morgan fingerprint density at radius 2 is 1.93 bits per heavy atom. The van der Waals surface area contributed by atoms with Crippen LogP contribution < -0.4 is 5.32 Å². The molecule has 0 radical (unpaired) electrons. The van der Waals surface area contributed by atoms with Gasteiger partial charge in [0, 0.05) is 17.6 Å². The summed E-state index contributed by atoms with van der Waals surface area (Å²) in [6.45, 7) is 4.08. The zero-order chi connectivity index (χ0) is 20.1. The van der Waals surface area contributed by atoms with Crippen molar-refractivity contribution in [3.8, 4) is 0 Å². The number of amides is 1. The van der Waals surface area contributed by atoms with E-state index in [0.29, 0.717) is 16.2 Å². The first-order valence-electron chi connectivity index (χ1n) is 8.86.